The van der Waals surface area contributed by atoms with Crippen LogP contribution in [0.1, 0.15) is 30.8 Å². The zero-order chi connectivity index (χ0) is 23.1. The highest BCUT2D eigenvalue weighted by Gasteiger charge is 2.27. The van der Waals surface area contributed by atoms with Gasteiger partial charge in [-0.1, -0.05) is 55.8 Å². The van der Waals surface area contributed by atoms with Crippen LogP contribution in [0.15, 0.2) is 65.2 Å². The zero-order valence-electron chi connectivity index (χ0n) is 17.7. The summed E-state index contributed by atoms with van der Waals surface area (Å²) in [5, 5.41) is 21.1. The number of amides is 3. The van der Waals surface area contributed by atoms with Crippen molar-refractivity contribution in [1.82, 2.24) is 10.5 Å². The number of anilines is 2. The van der Waals surface area contributed by atoms with Gasteiger partial charge in [0.25, 0.3) is 5.91 Å². The molecule has 2 unspecified atom stereocenters. The molecule has 3 aromatic rings. The summed E-state index contributed by atoms with van der Waals surface area (Å²) in [5.74, 6) is -2.07. The lowest BCUT2D eigenvalue weighted by Crippen LogP contribution is -2.44. The molecule has 0 bridgehead atoms. The molecule has 0 saturated heterocycles. The minimum absolute atomic E-state index is 0.0843. The van der Waals surface area contributed by atoms with Crippen molar-refractivity contribution in [2.75, 3.05) is 10.6 Å². The number of urea groups is 1. The molecule has 0 spiro atoms. The van der Waals surface area contributed by atoms with Crippen molar-refractivity contribution < 1.29 is 24.0 Å². The Labute approximate surface area is 184 Å². The van der Waals surface area contributed by atoms with Crippen LogP contribution >= 0.6 is 0 Å². The number of para-hydroxylation sites is 1. The molecule has 9 nitrogen and oxygen atoms in total. The van der Waals surface area contributed by atoms with E-state index in [1.165, 1.54) is 6.07 Å². The van der Waals surface area contributed by atoms with Crippen molar-refractivity contribution in [3.05, 3.63) is 66.4 Å². The highest BCUT2D eigenvalue weighted by atomic mass is 16.5. The van der Waals surface area contributed by atoms with E-state index >= 15 is 0 Å². The van der Waals surface area contributed by atoms with Gasteiger partial charge in [-0.25, -0.2) is 9.59 Å². The smallest absolute Gasteiger partial charge is 0.326 e. The number of carbonyl (C=O) groups excluding carboxylic acids is 2. The summed E-state index contributed by atoms with van der Waals surface area (Å²) in [5.41, 5.74) is 2.32. The maximum Gasteiger partial charge on any atom is 0.326 e. The van der Waals surface area contributed by atoms with E-state index in [0.29, 0.717) is 29.1 Å². The third-order valence-electron chi connectivity index (χ3n) is 4.97. The first-order valence-electron chi connectivity index (χ1n) is 10.1. The van der Waals surface area contributed by atoms with Crippen LogP contribution in [0.5, 0.6) is 0 Å². The molecule has 166 valence electrons. The predicted molar refractivity (Wildman–Crippen MR) is 119 cm³/mol. The van der Waals surface area contributed by atoms with Crippen molar-refractivity contribution in [3.63, 3.8) is 0 Å². The fourth-order valence-corrected chi connectivity index (χ4v) is 2.95. The van der Waals surface area contributed by atoms with Gasteiger partial charge in [-0.2, -0.15) is 0 Å². The highest BCUT2D eigenvalue weighted by Crippen LogP contribution is 2.22. The number of carbonyl (C=O) groups is 3. The average Bonchev–Trinajstić information content (AvgIpc) is 3.28. The topological polar surface area (TPSA) is 134 Å². The van der Waals surface area contributed by atoms with E-state index in [2.05, 4.69) is 21.1 Å². The number of aliphatic carboxylic acids is 1. The lowest BCUT2D eigenvalue weighted by molar-refractivity contribution is -0.140. The fraction of sp³-hybridized carbons (Fsp3) is 0.217. The molecule has 9 heteroatoms. The number of carboxylic acids is 1. The molecule has 3 rings (SSSR count). The summed E-state index contributed by atoms with van der Waals surface area (Å²) in [6.45, 7) is 3.60. The van der Waals surface area contributed by atoms with E-state index < -0.39 is 17.9 Å². The third kappa shape index (κ3) is 5.72. The number of rotatable bonds is 8. The first-order valence-corrected chi connectivity index (χ1v) is 10.1. The maximum atomic E-state index is 12.4. The average molecular weight is 436 g/mol. The summed E-state index contributed by atoms with van der Waals surface area (Å²) in [7, 11) is 0. The second kappa shape index (κ2) is 10.3. The van der Waals surface area contributed by atoms with E-state index in [0.717, 1.165) is 0 Å². The molecule has 0 fully saturated rings. The van der Waals surface area contributed by atoms with Crippen LogP contribution < -0.4 is 16.0 Å². The molecular formula is C23H24N4O5. The molecule has 0 radical (unpaired) electrons. The Morgan fingerprint density at radius 3 is 2.22 bits per heavy atom. The molecule has 32 heavy (non-hydrogen) atoms. The minimum Gasteiger partial charge on any atom is -0.480 e. The molecule has 2 atom stereocenters. The largest absolute Gasteiger partial charge is 0.480 e. The normalized spacial score (nSPS) is 12.4. The second-order valence-corrected chi connectivity index (χ2v) is 7.27. The number of nitrogens with one attached hydrogen (secondary N) is 3. The molecule has 0 saturated carbocycles. The van der Waals surface area contributed by atoms with E-state index in [4.69, 9.17) is 4.52 Å². The van der Waals surface area contributed by atoms with Crippen molar-refractivity contribution in [2.24, 2.45) is 5.92 Å². The Morgan fingerprint density at radius 2 is 1.62 bits per heavy atom. The number of aromatic nitrogens is 1. The monoisotopic (exact) mass is 436 g/mol. The van der Waals surface area contributed by atoms with Crippen LogP contribution in [-0.4, -0.2) is 34.2 Å². The van der Waals surface area contributed by atoms with E-state index in [1.54, 1.807) is 43.3 Å². The zero-order valence-corrected chi connectivity index (χ0v) is 17.7. The van der Waals surface area contributed by atoms with Crippen molar-refractivity contribution in [3.8, 4) is 11.3 Å². The van der Waals surface area contributed by atoms with Crippen LogP contribution in [-0.2, 0) is 4.79 Å². The number of nitrogens with zero attached hydrogens (tertiary/aromatic N) is 1. The Hall–Kier alpha value is -4.14. The maximum absolute atomic E-state index is 12.4. The van der Waals surface area contributed by atoms with Crippen molar-refractivity contribution in [2.45, 2.75) is 26.3 Å². The van der Waals surface area contributed by atoms with Crippen molar-refractivity contribution in [1.29, 1.82) is 0 Å². The van der Waals surface area contributed by atoms with Gasteiger partial charge in [0.2, 0.25) is 5.76 Å². The van der Waals surface area contributed by atoms with Gasteiger partial charge >= 0.3 is 12.0 Å². The Bertz CT molecular complexity index is 1080. The standard InChI is InChI=1S/C23H24N4O5/c1-3-14(2)20(22(29)30)26-21(28)19-13-18(27-32-19)15-9-11-17(12-10-15)25-23(31)24-16-7-5-4-6-8-16/h4-14,20H,3H2,1-2H3,(H,26,28)(H,29,30)(H2,24,25,31). The van der Waals surface area contributed by atoms with Gasteiger partial charge in [0.05, 0.1) is 0 Å². The summed E-state index contributed by atoms with van der Waals surface area (Å²) < 4.78 is 5.10. The van der Waals surface area contributed by atoms with E-state index in [9.17, 15) is 19.5 Å². The summed E-state index contributed by atoms with van der Waals surface area (Å²) in [6, 6.07) is 15.9. The number of hydrogen-bond donors (Lipinski definition) is 4. The Balaban J connectivity index is 1.62. The molecule has 0 aliphatic rings. The third-order valence-corrected chi connectivity index (χ3v) is 4.97. The van der Waals surface area contributed by atoms with Gasteiger partial charge < -0.3 is 25.6 Å². The molecule has 1 aromatic heterocycles. The molecule has 4 N–H and O–H groups in total. The van der Waals surface area contributed by atoms with Gasteiger partial charge in [-0.3, -0.25) is 4.79 Å². The molecule has 2 aromatic carbocycles. The summed E-state index contributed by atoms with van der Waals surface area (Å²) in [6.07, 6.45) is 0.600. The van der Waals surface area contributed by atoms with Gasteiger partial charge in [-0.15, -0.1) is 0 Å². The first-order chi connectivity index (χ1) is 15.4. The lowest BCUT2D eigenvalue weighted by Gasteiger charge is -2.19. The van der Waals surface area contributed by atoms with Gasteiger partial charge in [0.15, 0.2) is 0 Å². The Kier molecular flexibility index (Phi) is 7.22. The molecule has 0 aliphatic carbocycles. The van der Waals surface area contributed by atoms with Gasteiger partial charge in [0, 0.05) is 23.0 Å². The molecular weight excluding hydrogens is 412 g/mol. The molecule has 0 aliphatic heterocycles. The van der Waals surface area contributed by atoms with E-state index in [-0.39, 0.29) is 17.7 Å². The number of benzene rings is 2. The minimum atomic E-state index is -1.10. The summed E-state index contributed by atoms with van der Waals surface area (Å²) in [4.78, 5) is 35.9. The number of carboxylic acid groups (broad SMARTS) is 1. The van der Waals surface area contributed by atoms with Gasteiger partial charge in [-0.05, 0) is 30.2 Å². The molecule has 1 heterocycles. The number of hydrogen-bond acceptors (Lipinski definition) is 5. The first kappa shape index (κ1) is 22.5. The molecule has 3 amide bonds. The van der Waals surface area contributed by atoms with Crippen molar-refractivity contribution >= 4 is 29.3 Å². The van der Waals surface area contributed by atoms with Crippen LogP contribution in [0, 0.1) is 5.92 Å². The van der Waals surface area contributed by atoms with Crippen LogP contribution in [0.2, 0.25) is 0 Å². The quantitative estimate of drug-likeness (QED) is 0.418. The van der Waals surface area contributed by atoms with Crippen LogP contribution in [0.25, 0.3) is 11.3 Å². The fourth-order valence-electron chi connectivity index (χ4n) is 2.95. The lowest BCUT2D eigenvalue weighted by atomic mass is 9.99. The summed E-state index contributed by atoms with van der Waals surface area (Å²) >= 11 is 0. The SMILES string of the molecule is CCC(C)C(NC(=O)c1cc(-c2ccc(NC(=O)Nc3ccccc3)cc2)no1)C(=O)O. The van der Waals surface area contributed by atoms with Crippen LogP contribution in [0.3, 0.4) is 0 Å². The van der Waals surface area contributed by atoms with Crippen LogP contribution in [0.4, 0.5) is 16.2 Å². The van der Waals surface area contributed by atoms with E-state index in [1.807, 2.05) is 25.1 Å². The highest BCUT2D eigenvalue weighted by molar-refractivity contribution is 6.00. The predicted octanol–water partition coefficient (Wildman–Crippen LogP) is 4.21. The van der Waals surface area contributed by atoms with Gasteiger partial charge in [0.1, 0.15) is 11.7 Å². The second-order valence-electron chi connectivity index (χ2n) is 7.27. The Morgan fingerprint density at radius 1 is 1.00 bits per heavy atom.